The Labute approximate surface area is 195 Å². The average Bonchev–Trinajstić information content (AvgIpc) is 2.87. The molecule has 0 aliphatic heterocycles. The molecule has 7 heteroatoms. The molecule has 172 valence electrons. The number of nitrogens with zero attached hydrogens (tertiary/aromatic N) is 1. The standard InChI is InChI=1S/C26H30N3O3P/c1-4-32-26(30)29-28-21(3)25(27-20(2)22-14-8-5-9-15-22)33(31,23-16-10-6-11-17-23)24-18-12-7-13-19-24/h5-20,25,27H,4H2,1-3H3,(H,29,30)/b28-21+/t20-,25?/m1/s1. The van der Waals surface area contributed by atoms with E-state index in [2.05, 4.69) is 15.8 Å². The number of ether oxygens (including phenoxy) is 1. The molecule has 3 aromatic carbocycles. The predicted octanol–water partition coefficient (Wildman–Crippen LogP) is 4.80. The minimum absolute atomic E-state index is 0.121. The molecule has 33 heavy (non-hydrogen) atoms. The Kier molecular flexibility index (Phi) is 8.58. The zero-order chi connectivity index (χ0) is 23.7. The molecule has 0 bridgehead atoms. The smallest absolute Gasteiger partial charge is 0.427 e. The highest BCUT2D eigenvalue weighted by atomic mass is 31.2. The maximum Gasteiger partial charge on any atom is 0.427 e. The van der Waals surface area contributed by atoms with E-state index in [1.165, 1.54) is 0 Å². The molecule has 0 saturated heterocycles. The number of carbonyl (C=O) groups is 1. The van der Waals surface area contributed by atoms with Gasteiger partial charge in [-0.15, -0.1) is 0 Å². The lowest BCUT2D eigenvalue weighted by molar-refractivity contribution is 0.152. The van der Waals surface area contributed by atoms with Crippen LogP contribution in [0.2, 0.25) is 0 Å². The van der Waals surface area contributed by atoms with Crippen molar-refractivity contribution in [1.82, 2.24) is 10.7 Å². The monoisotopic (exact) mass is 463 g/mol. The first-order chi connectivity index (χ1) is 16.0. The Balaban J connectivity index is 2.10. The summed E-state index contributed by atoms with van der Waals surface area (Å²) in [6.07, 6.45) is -0.652. The van der Waals surface area contributed by atoms with E-state index in [0.717, 1.165) is 5.56 Å². The van der Waals surface area contributed by atoms with Crippen molar-refractivity contribution in [2.75, 3.05) is 6.61 Å². The van der Waals surface area contributed by atoms with Gasteiger partial charge in [0.25, 0.3) is 0 Å². The number of benzene rings is 3. The summed E-state index contributed by atoms with van der Waals surface area (Å²) in [6.45, 7) is 5.75. The van der Waals surface area contributed by atoms with E-state index in [4.69, 9.17) is 4.74 Å². The molecule has 3 rings (SSSR count). The molecule has 0 saturated carbocycles. The summed E-state index contributed by atoms with van der Waals surface area (Å²) in [4.78, 5) is 11.9. The van der Waals surface area contributed by atoms with Crippen molar-refractivity contribution in [1.29, 1.82) is 0 Å². The van der Waals surface area contributed by atoms with Crippen LogP contribution in [-0.2, 0) is 9.30 Å². The summed E-state index contributed by atoms with van der Waals surface area (Å²) in [5.41, 5.74) is 3.96. The Morgan fingerprint density at radius 1 is 0.909 bits per heavy atom. The topological polar surface area (TPSA) is 79.8 Å². The van der Waals surface area contributed by atoms with Crippen LogP contribution in [-0.4, -0.2) is 24.2 Å². The van der Waals surface area contributed by atoms with Crippen LogP contribution >= 0.6 is 7.14 Å². The van der Waals surface area contributed by atoms with Crippen molar-refractivity contribution in [2.24, 2.45) is 5.10 Å². The molecule has 1 amide bonds. The minimum atomic E-state index is -3.27. The summed E-state index contributed by atoms with van der Waals surface area (Å²) in [5, 5.41) is 9.22. The van der Waals surface area contributed by atoms with Gasteiger partial charge in [-0.25, -0.2) is 10.2 Å². The number of amides is 1. The first-order valence-corrected chi connectivity index (χ1v) is 12.7. The molecule has 0 heterocycles. The molecule has 0 aromatic heterocycles. The number of nitrogens with one attached hydrogen (secondary N) is 2. The van der Waals surface area contributed by atoms with Crippen molar-refractivity contribution in [3.05, 3.63) is 96.6 Å². The van der Waals surface area contributed by atoms with Gasteiger partial charge in [-0.05, 0) is 26.3 Å². The van der Waals surface area contributed by atoms with Gasteiger partial charge in [-0.3, -0.25) is 5.32 Å². The highest BCUT2D eigenvalue weighted by Gasteiger charge is 2.39. The molecule has 2 N–H and O–H groups in total. The average molecular weight is 464 g/mol. The summed E-state index contributed by atoms with van der Waals surface area (Å²) < 4.78 is 19.9. The Bertz CT molecular complexity index is 1060. The van der Waals surface area contributed by atoms with E-state index >= 15 is 4.57 Å². The van der Waals surface area contributed by atoms with Crippen LogP contribution in [0.3, 0.4) is 0 Å². The lowest BCUT2D eigenvalue weighted by Gasteiger charge is -2.32. The van der Waals surface area contributed by atoms with E-state index in [1.54, 1.807) is 13.8 Å². The van der Waals surface area contributed by atoms with Crippen molar-refractivity contribution in [3.63, 3.8) is 0 Å². The van der Waals surface area contributed by atoms with Gasteiger partial charge in [-0.1, -0.05) is 91.0 Å². The largest absolute Gasteiger partial charge is 0.449 e. The van der Waals surface area contributed by atoms with Gasteiger partial charge in [-0.2, -0.15) is 5.10 Å². The Hall–Kier alpha value is -3.21. The zero-order valence-corrected chi connectivity index (χ0v) is 20.0. The normalized spacial score (nSPS) is 13.7. The highest BCUT2D eigenvalue weighted by molar-refractivity contribution is 7.80. The van der Waals surface area contributed by atoms with Crippen LogP contribution in [0, 0.1) is 0 Å². The quantitative estimate of drug-likeness (QED) is 0.271. The first-order valence-electron chi connectivity index (χ1n) is 11.0. The van der Waals surface area contributed by atoms with Gasteiger partial charge < -0.3 is 9.30 Å². The second kappa shape index (κ2) is 11.6. The number of hydrogen-bond donors (Lipinski definition) is 2. The molecule has 0 radical (unpaired) electrons. The van der Waals surface area contributed by atoms with E-state index < -0.39 is 19.0 Å². The maximum absolute atomic E-state index is 15.0. The van der Waals surface area contributed by atoms with Crippen LogP contribution in [0.5, 0.6) is 0 Å². The van der Waals surface area contributed by atoms with Crippen LogP contribution < -0.4 is 21.4 Å². The molecular formula is C26H30N3O3P. The van der Waals surface area contributed by atoms with E-state index in [1.807, 2.05) is 97.9 Å². The van der Waals surface area contributed by atoms with Crippen LogP contribution in [0.15, 0.2) is 96.1 Å². The predicted molar refractivity (Wildman–Crippen MR) is 135 cm³/mol. The summed E-state index contributed by atoms with van der Waals surface area (Å²) >= 11 is 0. The van der Waals surface area contributed by atoms with E-state index in [9.17, 15) is 4.79 Å². The minimum Gasteiger partial charge on any atom is -0.449 e. The number of hydrazone groups is 1. The van der Waals surface area contributed by atoms with Crippen molar-refractivity contribution < 1.29 is 14.1 Å². The highest BCUT2D eigenvalue weighted by Crippen LogP contribution is 2.48. The lowest BCUT2D eigenvalue weighted by atomic mass is 10.1. The fraction of sp³-hybridized carbons (Fsp3) is 0.231. The molecule has 0 aliphatic carbocycles. The molecular weight excluding hydrogens is 433 g/mol. The summed E-state index contributed by atoms with van der Waals surface area (Å²) in [7, 11) is -3.27. The van der Waals surface area contributed by atoms with Crippen molar-refractivity contribution in [2.45, 2.75) is 32.6 Å². The molecule has 0 spiro atoms. The maximum atomic E-state index is 15.0. The molecule has 2 atom stereocenters. The number of carbonyl (C=O) groups excluding carboxylic acids is 1. The fourth-order valence-electron chi connectivity index (χ4n) is 3.67. The van der Waals surface area contributed by atoms with Crippen molar-refractivity contribution in [3.8, 4) is 0 Å². The lowest BCUT2D eigenvalue weighted by Crippen LogP contribution is -2.43. The summed E-state index contributed by atoms with van der Waals surface area (Å²) in [5.74, 6) is -0.667. The third-order valence-corrected chi connectivity index (χ3v) is 8.73. The molecule has 0 fully saturated rings. The fourth-order valence-corrected chi connectivity index (χ4v) is 6.81. The second-order valence-electron chi connectivity index (χ2n) is 7.62. The van der Waals surface area contributed by atoms with Gasteiger partial charge in [0, 0.05) is 16.7 Å². The van der Waals surface area contributed by atoms with Gasteiger partial charge >= 0.3 is 6.09 Å². The van der Waals surface area contributed by atoms with Crippen LogP contribution in [0.25, 0.3) is 0 Å². The second-order valence-corrected chi connectivity index (χ2v) is 10.5. The number of rotatable bonds is 9. The van der Waals surface area contributed by atoms with Gasteiger partial charge in [0.1, 0.15) is 5.78 Å². The Morgan fingerprint density at radius 3 is 1.88 bits per heavy atom. The Morgan fingerprint density at radius 2 is 1.39 bits per heavy atom. The van der Waals surface area contributed by atoms with Gasteiger partial charge in [0.15, 0.2) is 7.14 Å². The molecule has 0 aliphatic rings. The molecule has 1 unspecified atom stereocenters. The molecule has 3 aromatic rings. The van der Waals surface area contributed by atoms with Crippen LogP contribution in [0.1, 0.15) is 32.4 Å². The first kappa shape index (κ1) is 24.4. The van der Waals surface area contributed by atoms with E-state index in [0.29, 0.717) is 16.3 Å². The van der Waals surface area contributed by atoms with Crippen LogP contribution in [0.4, 0.5) is 4.79 Å². The molecule has 6 nitrogen and oxygen atoms in total. The summed E-state index contributed by atoms with van der Waals surface area (Å²) in [6, 6.07) is 28.7. The van der Waals surface area contributed by atoms with Crippen molar-refractivity contribution >= 4 is 29.6 Å². The zero-order valence-electron chi connectivity index (χ0n) is 19.1. The van der Waals surface area contributed by atoms with Gasteiger partial charge in [0.05, 0.1) is 12.3 Å². The SMILES string of the molecule is CCOC(=O)N/N=C(\C)C(N[C@H](C)c1ccccc1)P(=O)(c1ccccc1)c1ccccc1. The van der Waals surface area contributed by atoms with Gasteiger partial charge in [0.2, 0.25) is 0 Å². The van der Waals surface area contributed by atoms with E-state index in [-0.39, 0.29) is 12.6 Å². The third-order valence-electron chi connectivity index (χ3n) is 5.35. The number of hydrogen-bond acceptors (Lipinski definition) is 5. The third kappa shape index (κ3) is 5.98.